The highest BCUT2D eigenvalue weighted by molar-refractivity contribution is 5.88. The van der Waals surface area contributed by atoms with E-state index in [2.05, 4.69) is 22.4 Å². The van der Waals surface area contributed by atoms with Crippen molar-refractivity contribution in [2.75, 3.05) is 0 Å². The summed E-state index contributed by atoms with van der Waals surface area (Å²) in [6.07, 6.45) is 10.7. The quantitative estimate of drug-likeness (QED) is 0.454. The highest BCUT2D eigenvalue weighted by atomic mass is 17.2. The topological polar surface area (TPSA) is 52.6 Å². The van der Waals surface area contributed by atoms with Crippen molar-refractivity contribution in [1.29, 1.82) is 0 Å². The van der Waals surface area contributed by atoms with Crippen molar-refractivity contribution < 1.29 is 19.4 Å². The minimum atomic E-state index is -0.757. The van der Waals surface area contributed by atoms with Crippen molar-refractivity contribution in [3.8, 4) is 0 Å². The third-order valence-corrected chi connectivity index (χ3v) is 5.73. The lowest BCUT2D eigenvalue weighted by Crippen LogP contribution is -2.26. The Morgan fingerprint density at radius 2 is 2.05 bits per heavy atom. The Hall–Kier alpha value is -1.58. The van der Waals surface area contributed by atoms with Crippen molar-refractivity contribution in [3.05, 3.63) is 24.3 Å². The summed E-state index contributed by atoms with van der Waals surface area (Å²) in [7, 11) is 0. The van der Waals surface area contributed by atoms with Gasteiger partial charge in [-0.2, -0.15) is 0 Å². The molecular formula is C17H22O4. The van der Waals surface area contributed by atoms with Crippen LogP contribution in [0.5, 0.6) is 0 Å². The lowest BCUT2D eigenvalue weighted by atomic mass is 9.71. The van der Waals surface area contributed by atoms with E-state index in [4.69, 9.17) is 0 Å². The molecule has 4 atom stereocenters. The maximum absolute atomic E-state index is 11.9. The minimum absolute atomic E-state index is 0.178. The van der Waals surface area contributed by atoms with Gasteiger partial charge >= 0.3 is 11.9 Å². The zero-order chi connectivity index (χ0) is 15.0. The molecule has 4 unspecified atom stereocenters. The number of allylic oxidation sites excluding steroid dienone is 1. The smallest absolute Gasteiger partial charge is 0.242 e. The molecule has 2 bridgehead atoms. The van der Waals surface area contributed by atoms with E-state index in [9.17, 15) is 9.59 Å². The van der Waals surface area contributed by atoms with Crippen LogP contribution in [0.25, 0.3) is 0 Å². The first-order chi connectivity index (χ1) is 10.1. The second kappa shape index (κ2) is 5.32. The van der Waals surface area contributed by atoms with Crippen LogP contribution in [0.4, 0.5) is 0 Å². The van der Waals surface area contributed by atoms with Crippen molar-refractivity contribution in [3.63, 3.8) is 0 Å². The van der Waals surface area contributed by atoms with Crippen LogP contribution in [0, 0.1) is 23.2 Å². The SMILES string of the molecule is C=CC(=O)OOC(=O)/C(C)=C/C12CCC(C1)C1CCCC12. The fourth-order valence-electron chi connectivity index (χ4n) is 5.02. The van der Waals surface area contributed by atoms with Gasteiger partial charge in [0.05, 0.1) is 0 Å². The van der Waals surface area contributed by atoms with Crippen LogP contribution in [-0.4, -0.2) is 11.9 Å². The Morgan fingerprint density at radius 1 is 1.24 bits per heavy atom. The van der Waals surface area contributed by atoms with E-state index in [1.165, 1.54) is 38.5 Å². The molecule has 114 valence electrons. The van der Waals surface area contributed by atoms with Crippen LogP contribution in [0.3, 0.4) is 0 Å². The molecule has 3 rings (SSSR count). The van der Waals surface area contributed by atoms with Crippen molar-refractivity contribution in [2.24, 2.45) is 23.2 Å². The van der Waals surface area contributed by atoms with Gasteiger partial charge in [-0.05, 0) is 62.2 Å². The third kappa shape index (κ3) is 2.41. The maximum atomic E-state index is 11.9. The van der Waals surface area contributed by atoms with Gasteiger partial charge in [0, 0.05) is 11.6 Å². The van der Waals surface area contributed by atoms with Crippen LogP contribution in [0.2, 0.25) is 0 Å². The summed E-state index contributed by atoms with van der Waals surface area (Å²) >= 11 is 0. The standard InChI is InChI=1S/C17H22O4/c1-3-15(18)20-21-16(19)11(2)9-17-8-7-12(10-17)13-5-4-6-14(13)17/h3,9,12-14H,1,4-8,10H2,2H3/b11-9+. The van der Waals surface area contributed by atoms with Gasteiger partial charge in [-0.1, -0.05) is 19.1 Å². The molecule has 3 aliphatic carbocycles. The Labute approximate surface area is 125 Å². The van der Waals surface area contributed by atoms with E-state index in [1.54, 1.807) is 6.92 Å². The Kier molecular flexibility index (Phi) is 3.64. The number of carbonyl (C=O) groups excluding carboxylic acids is 2. The van der Waals surface area contributed by atoms with Crippen LogP contribution in [-0.2, 0) is 19.4 Å². The van der Waals surface area contributed by atoms with E-state index in [0.29, 0.717) is 5.57 Å². The van der Waals surface area contributed by atoms with Crippen LogP contribution < -0.4 is 0 Å². The summed E-state index contributed by atoms with van der Waals surface area (Å²) in [6, 6.07) is 0. The first kappa shape index (κ1) is 14.4. The summed E-state index contributed by atoms with van der Waals surface area (Å²) in [5.41, 5.74) is 0.720. The van der Waals surface area contributed by atoms with E-state index < -0.39 is 11.9 Å². The number of carbonyl (C=O) groups is 2. The zero-order valence-corrected chi connectivity index (χ0v) is 12.5. The van der Waals surface area contributed by atoms with Crippen LogP contribution in [0.15, 0.2) is 24.3 Å². The van der Waals surface area contributed by atoms with Crippen LogP contribution >= 0.6 is 0 Å². The largest absolute Gasteiger partial charge is 0.381 e. The molecule has 0 heterocycles. The first-order valence-corrected chi connectivity index (χ1v) is 7.80. The molecular weight excluding hydrogens is 268 g/mol. The van der Waals surface area contributed by atoms with Crippen molar-refractivity contribution >= 4 is 11.9 Å². The molecule has 0 aromatic rings. The van der Waals surface area contributed by atoms with Gasteiger partial charge in [0.1, 0.15) is 0 Å². The fourth-order valence-corrected chi connectivity index (χ4v) is 5.02. The van der Waals surface area contributed by atoms with E-state index in [1.807, 2.05) is 0 Å². The first-order valence-electron chi connectivity index (χ1n) is 7.80. The highest BCUT2D eigenvalue weighted by Gasteiger charge is 2.57. The van der Waals surface area contributed by atoms with Gasteiger partial charge in [-0.3, -0.25) is 0 Å². The second-order valence-electron chi connectivity index (χ2n) is 6.74. The molecule has 4 heteroatoms. The Balaban J connectivity index is 1.70. The summed E-state index contributed by atoms with van der Waals surface area (Å²) in [5, 5.41) is 0. The molecule has 21 heavy (non-hydrogen) atoms. The summed E-state index contributed by atoms with van der Waals surface area (Å²) in [5.74, 6) is 1.10. The number of hydrogen-bond acceptors (Lipinski definition) is 4. The monoisotopic (exact) mass is 290 g/mol. The molecule has 0 spiro atoms. The van der Waals surface area contributed by atoms with Crippen molar-refractivity contribution in [1.82, 2.24) is 0 Å². The van der Waals surface area contributed by atoms with Crippen LogP contribution in [0.1, 0.15) is 45.4 Å². The molecule has 3 aliphatic rings. The van der Waals surface area contributed by atoms with E-state index >= 15 is 0 Å². The third-order valence-electron chi connectivity index (χ3n) is 5.73. The molecule has 0 aromatic carbocycles. The van der Waals surface area contributed by atoms with Gasteiger partial charge in [0.2, 0.25) is 0 Å². The average Bonchev–Trinajstić information content (AvgIpc) is 3.16. The Morgan fingerprint density at radius 3 is 2.81 bits per heavy atom. The fraction of sp³-hybridized carbons (Fsp3) is 0.647. The molecule has 3 saturated carbocycles. The van der Waals surface area contributed by atoms with Gasteiger partial charge in [-0.25, -0.2) is 19.4 Å². The Bertz CT molecular complexity index is 507. The summed E-state index contributed by atoms with van der Waals surface area (Å²) in [4.78, 5) is 31.7. The minimum Gasteiger partial charge on any atom is -0.242 e. The predicted octanol–water partition coefficient (Wildman–Crippen LogP) is 3.34. The molecule has 0 radical (unpaired) electrons. The zero-order valence-electron chi connectivity index (χ0n) is 12.5. The van der Waals surface area contributed by atoms with Crippen molar-refractivity contribution in [2.45, 2.75) is 45.4 Å². The lowest BCUT2D eigenvalue weighted by molar-refractivity contribution is -0.251. The average molecular weight is 290 g/mol. The molecule has 0 N–H and O–H groups in total. The number of fused-ring (bicyclic) bond motifs is 5. The number of hydrogen-bond donors (Lipinski definition) is 0. The van der Waals surface area contributed by atoms with Gasteiger partial charge in [-0.15, -0.1) is 0 Å². The molecule has 0 amide bonds. The lowest BCUT2D eigenvalue weighted by Gasteiger charge is -2.33. The molecule has 0 saturated heterocycles. The highest BCUT2D eigenvalue weighted by Crippen LogP contribution is 2.66. The summed E-state index contributed by atoms with van der Waals surface area (Å²) in [6.45, 7) is 5.00. The predicted molar refractivity (Wildman–Crippen MR) is 76.7 cm³/mol. The summed E-state index contributed by atoms with van der Waals surface area (Å²) < 4.78 is 0. The van der Waals surface area contributed by atoms with Gasteiger partial charge < -0.3 is 0 Å². The number of rotatable bonds is 3. The molecule has 0 aliphatic heterocycles. The van der Waals surface area contributed by atoms with Gasteiger partial charge in [0.25, 0.3) is 0 Å². The molecule has 0 aromatic heterocycles. The van der Waals surface area contributed by atoms with E-state index in [-0.39, 0.29) is 5.41 Å². The molecule has 4 nitrogen and oxygen atoms in total. The van der Waals surface area contributed by atoms with Gasteiger partial charge in [0.15, 0.2) is 0 Å². The van der Waals surface area contributed by atoms with E-state index in [0.717, 1.165) is 23.8 Å². The normalized spacial score (nSPS) is 37.2. The molecule has 3 fully saturated rings. The second-order valence-corrected chi connectivity index (χ2v) is 6.74. The maximum Gasteiger partial charge on any atom is 0.381 e.